The zero-order chi connectivity index (χ0) is 13.2. The molecule has 1 N–H and O–H groups in total. The van der Waals surface area contributed by atoms with Crippen LogP contribution in [-0.4, -0.2) is 30.4 Å². The Morgan fingerprint density at radius 3 is 2.83 bits per heavy atom. The second-order valence-corrected chi connectivity index (χ2v) is 7.98. The molecule has 18 heavy (non-hydrogen) atoms. The average molecular weight is 289 g/mol. The fourth-order valence-electron chi connectivity index (χ4n) is 2.30. The summed E-state index contributed by atoms with van der Waals surface area (Å²) in [6.45, 7) is 2.48. The number of rotatable bonds is 3. The van der Waals surface area contributed by atoms with E-state index < -0.39 is 10.0 Å². The van der Waals surface area contributed by atoms with E-state index in [2.05, 4.69) is 0 Å². The van der Waals surface area contributed by atoms with Crippen LogP contribution in [0.15, 0.2) is 16.3 Å². The summed E-state index contributed by atoms with van der Waals surface area (Å²) in [4.78, 5) is 0.691. The number of aliphatic hydroxyl groups excluding tert-OH is 1. The van der Waals surface area contributed by atoms with Crippen LogP contribution >= 0.6 is 11.3 Å². The molecule has 0 radical (unpaired) electrons. The minimum Gasteiger partial charge on any atom is -0.391 e. The van der Waals surface area contributed by atoms with Gasteiger partial charge in [0.1, 0.15) is 4.21 Å². The van der Waals surface area contributed by atoms with Crippen LogP contribution in [0, 0.1) is 0 Å². The van der Waals surface area contributed by atoms with Crippen LogP contribution in [0.4, 0.5) is 0 Å². The minimum absolute atomic E-state index is 0.0668. The largest absolute Gasteiger partial charge is 0.391 e. The molecule has 2 rings (SSSR count). The maximum absolute atomic E-state index is 12.5. The number of sulfonamides is 1. The monoisotopic (exact) mass is 289 g/mol. The smallest absolute Gasteiger partial charge is 0.252 e. The Morgan fingerprint density at radius 1 is 1.39 bits per heavy atom. The topological polar surface area (TPSA) is 57.6 Å². The number of hydrogen-bond donors (Lipinski definition) is 1. The van der Waals surface area contributed by atoms with E-state index in [4.69, 9.17) is 5.11 Å². The third kappa shape index (κ3) is 2.77. The molecule has 4 nitrogen and oxygen atoms in total. The van der Waals surface area contributed by atoms with E-state index in [1.807, 2.05) is 6.92 Å². The SMILES string of the molecule is CC1CCCCCN1S(=O)(=O)c1ccc(CO)s1. The molecule has 1 aliphatic rings. The third-order valence-corrected chi connectivity index (χ3v) is 6.90. The van der Waals surface area contributed by atoms with Gasteiger partial charge in [-0.05, 0) is 31.9 Å². The molecule has 2 heterocycles. The summed E-state index contributed by atoms with van der Waals surface area (Å²) >= 11 is 1.16. The molecule has 1 atom stereocenters. The first-order valence-corrected chi connectivity index (χ1v) is 8.53. The van der Waals surface area contributed by atoms with E-state index in [1.54, 1.807) is 16.4 Å². The van der Waals surface area contributed by atoms with Crippen molar-refractivity contribution >= 4 is 21.4 Å². The van der Waals surface area contributed by atoms with Gasteiger partial charge in [-0.15, -0.1) is 11.3 Å². The van der Waals surface area contributed by atoms with Crippen LogP contribution in [0.3, 0.4) is 0 Å². The lowest BCUT2D eigenvalue weighted by Crippen LogP contribution is -2.37. The average Bonchev–Trinajstić information content (AvgIpc) is 2.72. The Labute approximate surface area is 112 Å². The first kappa shape index (κ1) is 14.0. The van der Waals surface area contributed by atoms with Crippen LogP contribution in [0.2, 0.25) is 0 Å². The Kier molecular flexibility index (Phi) is 4.42. The van der Waals surface area contributed by atoms with Crippen molar-refractivity contribution in [2.24, 2.45) is 0 Å². The molecule has 0 saturated carbocycles. The van der Waals surface area contributed by atoms with Crippen LogP contribution in [0.5, 0.6) is 0 Å². The normalized spacial score (nSPS) is 22.9. The highest BCUT2D eigenvalue weighted by Crippen LogP contribution is 2.29. The van der Waals surface area contributed by atoms with Gasteiger partial charge in [0.15, 0.2) is 0 Å². The summed E-state index contributed by atoms with van der Waals surface area (Å²) in [5.41, 5.74) is 0. The van der Waals surface area contributed by atoms with Crippen LogP contribution in [0.1, 0.15) is 37.5 Å². The molecule has 1 unspecified atom stereocenters. The molecule has 1 aromatic heterocycles. The maximum Gasteiger partial charge on any atom is 0.252 e. The molecule has 6 heteroatoms. The van der Waals surface area contributed by atoms with Crippen LogP contribution < -0.4 is 0 Å². The van der Waals surface area contributed by atoms with E-state index in [1.165, 1.54) is 0 Å². The van der Waals surface area contributed by atoms with Gasteiger partial charge in [0.2, 0.25) is 0 Å². The van der Waals surface area contributed by atoms with Crippen molar-refractivity contribution in [1.29, 1.82) is 0 Å². The lowest BCUT2D eigenvalue weighted by molar-refractivity contribution is 0.285. The van der Waals surface area contributed by atoms with Gasteiger partial charge in [-0.2, -0.15) is 4.31 Å². The van der Waals surface area contributed by atoms with E-state index in [0.717, 1.165) is 37.0 Å². The van der Waals surface area contributed by atoms with Gasteiger partial charge in [0.05, 0.1) is 6.61 Å². The van der Waals surface area contributed by atoms with Crippen molar-refractivity contribution in [3.05, 3.63) is 17.0 Å². The van der Waals surface area contributed by atoms with Crippen molar-refractivity contribution in [2.75, 3.05) is 6.54 Å². The van der Waals surface area contributed by atoms with Crippen LogP contribution in [-0.2, 0) is 16.6 Å². The first-order chi connectivity index (χ1) is 8.55. The quantitative estimate of drug-likeness (QED) is 0.928. The Bertz CT molecular complexity index is 495. The summed E-state index contributed by atoms with van der Waals surface area (Å²) in [5.74, 6) is 0. The van der Waals surface area contributed by atoms with Gasteiger partial charge in [-0.1, -0.05) is 12.8 Å². The third-order valence-electron chi connectivity index (χ3n) is 3.35. The highest BCUT2D eigenvalue weighted by atomic mass is 32.2. The lowest BCUT2D eigenvalue weighted by atomic mass is 10.1. The fourth-order valence-corrected chi connectivity index (χ4v) is 5.35. The van der Waals surface area contributed by atoms with Gasteiger partial charge >= 0.3 is 0 Å². The molecule has 1 fully saturated rings. The Hall–Kier alpha value is -0.430. The molecular weight excluding hydrogens is 270 g/mol. The Balaban J connectivity index is 2.28. The first-order valence-electron chi connectivity index (χ1n) is 6.27. The number of thiophene rings is 1. The molecule has 0 aromatic carbocycles. The fraction of sp³-hybridized carbons (Fsp3) is 0.667. The van der Waals surface area contributed by atoms with Gasteiger partial charge in [-0.3, -0.25) is 0 Å². The molecule has 0 bridgehead atoms. The summed E-state index contributed by atoms with van der Waals surface area (Å²) in [6.07, 6.45) is 4.06. The highest BCUT2D eigenvalue weighted by Gasteiger charge is 2.30. The number of hydrogen-bond acceptors (Lipinski definition) is 4. The summed E-state index contributed by atoms with van der Waals surface area (Å²) < 4.78 is 27.0. The molecule has 0 amide bonds. The summed E-state index contributed by atoms with van der Waals surface area (Å²) in [5, 5.41) is 9.03. The van der Waals surface area contributed by atoms with E-state index >= 15 is 0 Å². The van der Waals surface area contributed by atoms with Crippen molar-refractivity contribution in [3.8, 4) is 0 Å². The molecule has 0 spiro atoms. The van der Waals surface area contributed by atoms with Gasteiger partial charge in [-0.25, -0.2) is 8.42 Å². The second-order valence-electron chi connectivity index (χ2n) is 4.69. The Morgan fingerprint density at radius 2 is 2.17 bits per heavy atom. The molecule has 0 aliphatic carbocycles. The van der Waals surface area contributed by atoms with E-state index in [0.29, 0.717) is 15.6 Å². The predicted octanol–water partition coefficient (Wildman–Crippen LogP) is 2.19. The molecule has 1 aromatic rings. The molecule has 1 aliphatic heterocycles. The number of nitrogens with zero attached hydrogens (tertiary/aromatic N) is 1. The van der Waals surface area contributed by atoms with Crippen molar-refractivity contribution < 1.29 is 13.5 Å². The predicted molar refractivity (Wildman–Crippen MR) is 72.1 cm³/mol. The van der Waals surface area contributed by atoms with E-state index in [9.17, 15) is 8.42 Å². The van der Waals surface area contributed by atoms with Gasteiger partial charge in [0, 0.05) is 17.5 Å². The van der Waals surface area contributed by atoms with Crippen molar-refractivity contribution in [2.45, 2.75) is 49.5 Å². The van der Waals surface area contributed by atoms with Gasteiger partial charge < -0.3 is 5.11 Å². The minimum atomic E-state index is -3.38. The molecule has 102 valence electrons. The van der Waals surface area contributed by atoms with Crippen molar-refractivity contribution in [3.63, 3.8) is 0 Å². The maximum atomic E-state index is 12.5. The van der Waals surface area contributed by atoms with Crippen molar-refractivity contribution in [1.82, 2.24) is 4.31 Å². The van der Waals surface area contributed by atoms with Gasteiger partial charge in [0.25, 0.3) is 10.0 Å². The number of aliphatic hydroxyl groups is 1. The standard InChI is InChI=1S/C12H19NO3S2/c1-10-5-3-2-4-8-13(10)18(15,16)12-7-6-11(9-14)17-12/h6-7,10,14H,2-5,8-9H2,1H3. The zero-order valence-corrected chi connectivity index (χ0v) is 12.1. The summed E-state index contributed by atoms with van der Waals surface area (Å²) in [7, 11) is -3.38. The molecular formula is C12H19NO3S2. The zero-order valence-electron chi connectivity index (χ0n) is 10.5. The highest BCUT2D eigenvalue weighted by molar-refractivity contribution is 7.91. The molecule has 1 saturated heterocycles. The summed E-state index contributed by atoms with van der Waals surface area (Å²) in [6, 6.07) is 3.35. The second kappa shape index (κ2) is 5.69. The lowest BCUT2D eigenvalue weighted by Gasteiger charge is -2.25. The van der Waals surface area contributed by atoms with Crippen LogP contribution in [0.25, 0.3) is 0 Å². The van der Waals surface area contributed by atoms with E-state index in [-0.39, 0.29) is 12.6 Å².